The predicted octanol–water partition coefficient (Wildman–Crippen LogP) is 2.04. The minimum absolute atomic E-state index is 0.289. The molecule has 3 aromatic heterocycles. The van der Waals surface area contributed by atoms with Crippen molar-refractivity contribution in [3.05, 3.63) is 41.7 Å². The van der Waals surface area contributed by atoms with Crippen molar-refractivity contribution in [2.24, 2.45) is 7.05 Å². The average Bonchev–Trinajstić information content (AvgIpc) is 3.02. The second kappa shape index (κ2) is 5.56. The molecule has 0 aliphatic rings. The van der Waals surface area contributed by atoms with Crippen molar-refractivity contribution in [3.63, 3.8) is 0 Å². The molecule has 0 saturated heterocycles. The van der Waals surface area contributed by atoms with Crippen molar-refractivity contribution in [3.8, 4) is 21.1 Å². The van der Waals surface area contributed by atoms with Crippen LogP contribution in [-0.2, 0) is 7.05 Å². The lowest BCUT2D eigenvalue weighted by Gasteiger charge is -2.01. The highest BCUT2D eigenvalue weighted by atomic mass is 32.1. The molecule has 114 valence electrons. The van der Waals surface area contributed by atoms with Crippen molar-refractivity contribution in [2.45, 2.75) is 13.2 Å². The largest absolute Gasteiger partial charge is 0.363 e. The van der Waals surface area contributed by atoms with Crippen LogP contribution in [0.2, 0.25) is 0 Å². The summed E-state index contributed by atoms with van der Waals surface area (Å²) in [6.45, 7) is 1.83. The Balaban J connectivity index is 2.04. The molecule has 6 nitrogen and oxygen atoms in total. The molecule has 8 heteroatoms. The van der Waals surface area contributed by atoms with E-state index in [4.69, 9.17) is 0 Å². The lowest BCUT2D eigenvalue weighted by atomic mass is 10.2. The quantitative estimate of drug-likeness (QED) is 0.722. The number of aromatic nitrogens is 4. The van der Waals surface area contributed by atoms with Crippen LogP contribution in [0.25, 0.3) is 21.1 Å². The van der Waals surface area contributed by atoms with Gasteiger partial charge in [-0.3, -0.25) is 9.67 Å². The first-order valence-electron chi connectivity index (χ1n) is 6.44. The number of hydrogen-bond acceptors (Lipinski definition) is 6. The molecular weight excluding hydrogens is 307 g/mol. The lowest BCUT2D eigenvalue weighted by molar-refractivity contribution is -0.0484. The molecule has 22 heavy (non-hydrogen) atoms. The maximum absolute atomic E-state index is 13.3. The zero-order valence-electron chi connectivity index (χ0n) is 11.9. The molecule has 0 radical (unpaired) electrons. The van der Waals surface area contributed by atoms with Crippen molar-refractivity contribution < 1.29 is 14.6 Å². The number of aryl methyl sites for hydroxylation is 2. The van der Waals surface area contributed by atoms with E-state index < -0.39 is 12.1 Å². The number of halogens is 1. The molecule has 0 spiro atoms. The van der Waals surface area contributed by atoms with Crippen LogP contribution >= 0.6 is 11.3 Å². The summed E-state index contributed by atoms with van der Waals surface area (Å²) in [5, 5.41) is 23.5. The molecular formula is C14H13FN4O2S. The Morgan fingerprint density at radius 3 is 2.68 bits per heavy atom. The van der Waals surface area contributed by atoms with Gasteiger partial charge in [-0.2, -0.15) is 5.10 Å². The standard InChI is InChI=1S/C14H13FN4O2S/c1-7-12(10-4-11(14(20)21)19(2)18-10)22-13(17-7)8-3-9(15)6-16-5-8/h3-6,14,20-21H,1-2H3. The highest BCUT2D eigenvalue weighted by Crippen LogP contribution is 2.35. The Bertz CT molecular complexity index is 828. The number of hydrogen-bond donors (Lipinski definition) is 2. The molecule has 0 unspecified atom stereocenters. The highest BCUT2D eigenvalue weighted by molar-refractivity contribution is 7.18. The molecule has 0 atom stereocenters. The van der Waals surface area contributed by atoms with Gasteiger partial charge in [-0.1, -0.05) is 0 Å². The molecule has 3 aromatic rings. The monoisotopic (exact) mass is 320 g/mol. The Morgan fingerprint density at radius 1 is 1.27 bits per heavy atom. The number of rotatable bonds is 3. The van der Waals surface area contributed by atoms with Crippen molar-refractivity contribution in [1.82, 2.24) is 19.7 Å². The van der Waals surface area contributed by atoms with E-state index in [0.29, 0.717) is 16.3 Å². The van der Waals surface area contributed by atoms with Gasteiger partial charge >= 0.3 is 0 Å². The van der Waals surface area contributed by atoms with E-state index in [1.807, 2.05) is 6.92 Å². The number of aliphatic hydroxyl groups is 2. The van der Waals surface area contributed by atoms with E-state index in [9.17, 15) is 14.6 Å². The van der Waals surface area contributed by atoms with Crippen molar-refractivity contribution >= 4 is 11.3 Å². The van der Waals surface area contributed by atoms with Crippen LogP contribution in [0, 0.1) is 12.7 Å². The smallest absolute Gasteiger partial charge is 0.195 e. The molecule has 0 fully saturated rings. The van der Waals surface area contributed by atoms with Crippen molar-refractivity contribution in [2.75, 3.05) is 0 Å². The maximum Gasteiger partial charge on any atom is 0.195 e. The molecule has 0 aliphatic heterocycles. The molecule has 3 rings (SSSR count). The summed E-state index contributed by atoms with van der Waals surface area (Å²) in [5.41, 5.74) is 2.21. The summed E-state index contributed by atoms with van der Waals surface area (Å²) in [6.07, 6.45) is 1.09. The number of pyridine rings is 1. The minimum atomic E-state index is -1.59. The number of thiazole rings is 1. The Morgan fingerprint density at radius 2 is 2.05 bits per heavy atom. The first kappa shape index (κ1) is 14.8. The fourth-order valence-electron chi connectivity index (χ4n) is 2.12. The summed E-state index contributed by atoms with van der Waals surface area (Å²) in [7, 11) is 1.63. The summed E-state index contributed by atoms with van der Waals surface area (Å²) in [5.74, 6) is -0.421. The zero-order chi connectivity index (χ0) is 15.9. The second-order valence-electron chi connectivity index (χ2n) is 4.78. The van der Waals surface area contributed by atoms with Gasteiger partial charge in [0.25, 0.3) is 0 Å². The molecule has 3 heterocycles. The van der Waals surface area contributed by atoms with Crippen LogP contribution in [0.15, 0.2) is 24.5 Å². The van der Waals surface area contributed by atoms with Crippen LogP contribution in [0.4, 0.5) is 4.39 Å². The third-order valence-corrected chi connectivity index (χ3v) is 4.39. The van der Waals surface area contributed by atoms with E-state index in [-0.39, 0.29) is 5.69 Å². The van der Waals surface area contributed by atoms with Gasteiger partial charge in [0.15, 0.2) is 6.29 Å². The fourth-order valence-corrected chi connectivity index (χ4v) is 3.12. The normalized spacial score (nSPS) is 11.4. The first-order chi connectivity index (χ1) is 10.5. The molecule has 0 amide bonds. The lowest BCUT2D eigenvalue weighted by Crippen LogP contribution is -2.03. The van der Waals surface area contributed by atoms with Crippen LogP contribution in [-0.4, -0.2) is 30.0 Å². The van der Waals surface area contributed by atoms with E-state index in [1.165, 1.54) is 22.1 Å². The summed E-state index contributed by atoms with van der Waals surface area (Å²) >= 11 is 1.35. The van der Waals surface area contributed by atoms with E-state index in [2.05, 4.69) is 15.1 Å². The topological polar surface area (TPSA) is 84.1 Å². The third-order valence-electron chi connectivity index (χ3n) is 3.16. The summed E-state index contributed by atoms with van der Waals surface area (Å²) < 4.78 is 14.7. The average molecular weight is 320 g/mol. The molecule has 2 N–H and O–H groups in total. The predicted molar refractivity (Wildman–Crippen MR) is 79.4 cm³/mol. The van der Waals surface area contributed by atoms with Gasteiger partial charge in [-0.15, -0.1) is 11.3 Å². The van der Waals surface area contributed by atoms with Crippen molar-refractivity contribution in [1.29, 1.82) is 0 Å². The SMILES string of the molecule is Cc1nc(-c2cncc(F)c2)sc1-c1cc(C(O)O)n(C)n1. The van der Waals surface area contributed by atoms with Crippen LogP contribution in [0.5, 0.6) is 0 Å². The van der Waals surface area contributed by atoms with Gasteiger partial charge in [0, 0.05) is 18.8 Å². The van der Waals surface area contributed by atoms with E-state index >= 15 is 0 Å². The van der Waals surface area contributed by atoms with Gasteiger partial charge in [0.05, 0.1) is 22.5 Å². The van der Waals surface area contributed by atoms with E-state index in [0.717, 1.165) is 16.8 Å². The highest BCUT2D eigenvalue weighted by Gasteiger charge is 2.18. The summed E-state index contributed by atoms with van der Waals surface area (Å²) in [6, 6.07) is 2.97. The molecule has 0 aliphatic carbocycles. The first-order valence-corrected chi connectivity index (χ1v) is 7.26. The van der Waals surface area contributed by atoms with Crippen LogP contribution < -0.4 is 0 Å². The third kappa shape index (κ3) is 2.63. The fraction of sp³-hybridized carbons (Fsp3) is 0.214. The minimum Gasteiger partial charge on any atom is -0.363 e. The Labute approximate surface area is 129 Å². The van der Waals surface area contributed by atoms with Gasteiger partial charge in [-0.05, 0) is 19.1 Å². The van der Waals surface area contributed by atoms with Crippen LogP contribution in [0.3, 0.4) is 0 Å². The molecule has 0 bridgehead atoms. The van der Waals surface area contributed by atoms with E-state index in [1.54, 1.807) is 19.3 Å². The second-order valence-corrected chi connectivity index (χ2v) is 5.78. The summed E-state index contributed by atoms with van der Waals surface area (Å²) in [4.78, 5) is 9.03. The Kier molecular flexibility index (Phi) is 3.73. The van der Waals surface area contributed by atoms with Crippen LogP contribution in [0.1, 0.15) is 17.7 Å². The zero-order valence-corrected chi connectivity index (χ0v) is 12.7. The van der Waals surface area contributed by atoms with Gasteiger partial charge in [0.2, 0.25) is 0 Å². The molecule has 0 aromatic carbocycles. The number of nitrogens with zero attached hydrogens (tertiary/aromatic N) is 4. The van der Waals surface area contributed by atoms with Gasteiger partial charge < -0.3 is 10.2 Å². The number of aliphatic hydroxyl groups excluding tert-OH is 1. The molecule has 0 saturated carbocycles. The Hall–Kier alpha value is -2.16. The van der Waals surface area contributed by atoms with Gasteiger partial charge in [-0.25, -0.2) is 9.37 Å². The van der Waals surface area contributed by atoms with Gasteiger partial charge in [0.1, 0.15) is 16.5 Å². The maximum atomic E-state index is 13.3.